The third kappa shape index (κ3) is 3.97. The molecule has 0 radical (unpaired) electrons. The van der Waals surface area contributed by atoms with E-state index in [9.17, 15) is 0 Å². The van der Waals surface area contributed by atoms with E-state index in [4.69, 9.17) is 4.74 Å². The summed E-state index contributed by atoms with van der Waals surface area (Å²) in [5.41, 5.74) is 3.21. The maximum atomic E-state index is 5.50. The van der Waals surface area contributed by atoms with Crippen LogP contribution in [0.15, 0.2) is 36.9 Å². The van der Waals surface area contributed by atoms with Gasteiger partial charge < -0.3 is 10.1 Å². The number of aryl methyl sites for hydroxylation is 1. The number of hydrogen-bond acceptors (Lipinski definition) is 6. The SMILES string of the molecule is Cn1cc(-c2ccc3ncnc(NC4CCC(N5CCOCC5)CC4)c3c2)cn1. The van der Waals surface area contributed by atoms with Crippen LogP contribution in [0.5, 0.6) is 0 Å². The van der Waals surface area contributed by atoms with E-state index in [-0.39, 0.29) is 0 Å². The van der Waals surface area contributed by atoms with Gasteiger partial charge in [-0.05, 0) is 43.4 Å². The van der Waals surface area contributed by atoms with Crippen molar-refractivity contribution in [3.63, 3.8) is 0 Å². The Kier molecular flexibility index (Phi) is 5.16. The van der Waals surface area contributed by atoms with Gasteiger partial charge in [0.2, 0.25) is 0 Å². The van der Waals surface area contributed by atoms with Crippen molar-refractivity contribution in [1.29, 1.82) is 0 Å². The molecule has 0 bridgehead atoms. The Morgan fingerprint density at radius 3 is 2.62 bits per heavy atom. The molecule has 1 N–H and O–H groups in total. The summed E-state index contributed by atoms with van der Waals surface area (Å²) in [5, 5.41) is 9.08. The molecule has 7 heteroatoms. The molecule has 1 aliphatic carbocycles. The number of rotatable bonds is 4. The summed E-state index contributed by atoms with van der Waals surface area (Å²) in [6.45, 7) is 3.92. The maximum absolute atomic E-state index is 5.50. The van der Waals surface area contributed by atoms with Gasteiger partial charge in [-0.3, -0.25) is 9.58 Å². The number of anilines is 1. The second-order valence-corrected chi connectivity index (χ2v) is 8.16. The fraction of sp³-hybridized carbons (Fsp3) is 0.500. The predicted octanol–water partition coefficient (Wildman–Crippen LogP) is 3.09. The van der Waals surface area contributed by atoms with Crippen LogP contribution in [0, 0.1) is 0 Å². The maximum Gasteiger partial charge on any atom is 0.137 e. The van der Waals surface area contributed by atoms with E-state index in [0.717, 1.165) is 54.2 Å². The summed E-state index contributed by atoms with van der Waals surface area (Å²) >= 11 is 0. The first-order valence-corrected chi connectivity index (χ1v) is 10.6. The number of morpholine rings is 1. The molecule has 3 aromatic rings. The number of nitrogens with zero attached hydrogens (tertiary/aromatic N) is 5. The number of hydrogen-bond donors (Lipinski definition) is 1. The van der Waals surface area contributed by atoms with Crippen molar-refractivity contribution in [3.05, 3.63) is 36.9 Å². The van der Waals surface area contributed by atoms with Gasteiger partial charge >= 0.3 is 0 Å². The van der Waals surface area contributed by atoms with Gasteiger partial charge in [-0.2, -0.15) is 5.10 Å². The topological polar surface area (TPSA) is 68.1 Å². The highest BCUT2D eigenvalue weighted by Crippen LogP contribution is 2.30. The molecule has 29 heavy (non-hydrogen) atoms. The van der Waals surface area contributed by atoms with Gasteiger partial charge in [0.15, 0.2) is 0 Å². The summed E-state index contributed by atoms with van der Waals surface area (Å²) in [6, 6.07) is 7.51. The fourth-order valence-electron chi connectivity index (χ4n) is 4.64. The van der Waals surface area contributed by atoms with E-state index in [1.807, 2.05) is 24.1 Å². The lowest BCUT2D eigenvalue weighted by molar-refractivity contribution is 0.00791. The van der Waals surface area contributed by atoms with Crippen molar-refractivity contribution < 1.29 is 4.74 Å². The Morgan fingerprint density at radius 2 is 1.86 bits per heavy atom. The van der Waals surface area contributed by atoms with E-state index in [0.29, 0.717) is 12.1 Å². The number of nitrogens with one attached hydrogen (secondary N) is 1. The Hall–Kier alpha value is -2.51. The summed E-state index contributed by atoms with van der Waals surface area (Å²) in [6.07, 6.45) is 10.4. The minimum Gasteiger partial charge on any atom is -0.379 e. The first kappa shape index (κ1) is 18.5. The van der Waals surface area contributed by atoms with Crippen LogP contribution in [-0.2, 0) is 11.8 Å². The summed E-state index contributed by atoms with van der Waals surface area (Å²) < 4.78 is 7.33. The van der Waals surface area contributed by atoms with Gasteiger partial charge in [0, 0.05) is 49.4 Å². The van der Waals surface area contributed by atoms with Gasteiger partial charge in [0.1, 0.15) is 12.1 Å². The van der Waals surface area contributed by atoms with Gasteiger partial charge in [-0.15, -0.1) is 0 Å². The third-order valence-corrected chi connectivity index (χ3v) is 6.27. The van der Waals surface area contributed by atoms with Crippen LogP contribution in [-0.4, -0.2) is 63.0 Å². The summed E-state index contributed by atoms with van der Waals surface area (Å²) in [7, 11) is 1.94. The largest absolute Gasteiger partial charge is 0.379 e. The Morgan fingerprint density at radius 1 is 1.03 bits per heavy atom. The van der Waals surface area contributed by atoms with Crippen LogP contribution in [0.1, 0.15) is 25.7 Å². The van der Waals surface area contributed by atoms with Gasteiger partial charge in [0.05, 0.1) is 24.9 Å². The van der Waals surface area contributed by atoms with Crippen LogP contribution < -0.4 is 5.32 Å². The number of benzene rings is 1. The molecule has 2 aliphatic rings. The predicted molar refractivity (Wildman–Crippen MR) is 114 cm³/mol. The lowest BCUT2D eigenvalue weighted by Gasteiger charge is -2.39. The first-order valence-electron chi connectivity index (χ1n) is 10.6. The van der Waals surface area contributed by atoms with E-state index in [1.165, 1.54) is 25.7 Å². The number of ether oxygens (including phenoxy) is 1. The second-order valence-electron chi connectivity index (χ2n) is 8.16. The Labute approximate surface area is 171 Å². The van der Waals surface area contributed by atoms with Crippen molar-refractivity contribution >= 4 is 16.7 Å². The monoisotopic (exact) mass is 392 g/mol. The van der Waals surface area contributed by atoms with Gasteiger partial charge in [-0.1, -0.05) is 6.07 Å². The molecule has 2 fully saturated rings. The Bertz CT molecular complexity index is 972. The zero-order chi connectivity index (χ0) is 19.6. The molecule has 0 unspecified atom stereocenters. The molecule has 0 atom stereocenters. The molecule has 0 amide bonds. The van der Waals surface area contributed by atoms with Crippen molar-refractivity contribution in [2.75, 3.05) is 31.6 Å². The third-order valence-electron chi connectivity index (χ3n) is 6.27. The van der Waals surface area contributed by atoms with Crippen LogP contribution in [0.25, 0.3) is 22.0 Å². The zero-order valence-electron chi connectivity index (χ0n) is 16.9. The standard InChI is InChI=1S/C22H28N6O/c1-27-14-17(13-25-27)16-2-7-21-20(12-16)22(24-15-23-21)26-18-3-5-19(6-4-18)28-8-10-29-11-9-28/h2,7,12-15,18-19H,3-6,8-11H2,1H3,(H,23,24,26). The molecule has 1 saturated carbocycles. The van der Waals surface area contributed by atoms with Crippen molar-refractivity contribution in [2.24, 2.45) is 7.05 Å². The lowest BCUT2D eigenvalue weighted by Crippen LogP contribution is -2.46. The van der Waals surface area contributed by atoms with Crippen molar-refractivity contribution in [1.82, 2.24) is 24.6 Å². The molecule has 0 spiro atoms. The van der Waals surface area contributed by atoms with E-state index >= 15 is 0 Å². The van der Waals surface area contributed by atoms with Crippen LogP contribution in [0.2, 0.25) is 0 Å². The molecule has 7 nitrogen and oxygen atoms in total. The molecule has 152 valence electrons. The van der Waals surface area contributed by atoms with Crippen molar-refractivity contribution in [2.45, 2.75) is 37.8 Å². The van der Waals surface area contributed by atoms with Crippen LogP contribution >= 0.6 is 0 Å². The minimum atomic E-state index is 0.465. The fourth-order valence-corrected chi connectivity index (χ4v) is 4.64. The Balaban J connectivity index is 1.31. The number of aromatic nitrogens is 4. The number of fused-ring (bicyclic) bond motifs is 1. The highest BCUT2D eigenvalue weighted by atomic mass is 16.5. The molecule has 3 heterocycles. The molecule has 1 aliphatic heterocycles. The van der Waals surface area contributed by atoms with Gasteiger partial charge in [-0.25, -0.2) is 9.97 Å². The average Bonchev–Trinajstić information content (AvgIpc) is 3.21. The second kappa shape index (κ2) is 8.08. The van der Waals surface area contributed by atoms with Gasteiger partial charge in [0.25, 0.3) is 0 Å². The van der Waals surface area contributed by atoms with Crippen LogP contribution in [0.3, 0.4) is 0 Å². The molecule has 5 rings (SSSR count). The van der Waals surface area contributed by atoms with Crippen LogP contribution in [0.4, 0.5) is 5.82 Å². The quantitative estimate of drug-likeness (QED) is 0.736. The first-order chi connectivity index (χ1) is 14.3. The average molecular weight is 393 g/mol. The molecule has 1 aromatic carbocycles. The smallest absolute Gasteiger partial charge is 0.137 e. The minimum absolute atomic E-state index is 0.465. The highest BCUT2D eigenvalue weighted by molar-refractivity contribution is 5.92. The molecular formula is C22H28N6O. The van der Waals surface area contributed by atoms with E-state index in [1.54, 1.807) is 6.33 Å². The summed E-state index contributed by atoms with van der Waals surface area (Å²) in [4.78, 5) is 11.6. The molecule has 1 saturated heterocycles. The molecule has 2 aromatic heterocycles. The van der Waals surface area contributed by atoms with E-state index < -0.39 is 0 Å². The molecular weight excluding hydrogens is 364 g/mol. The normalized spacial score (nSPS) is 23.3. The lowest BCUT2D eigenvalue weighted by atomic mass is 9.90. The zero-order valence-corrected chi connectivity index (χ0v) is 16.9. The van der Waals surface area contributed by atoms with Crippen molar-refractivity contribution in [3.8, 4) is 11.1 Å². The highest BCUT2D eigenvalue weighted by Gasteiger charge is 2.27. The summed E-state index contributed by atoms with van der Waals surface area (Å²) in [5.74, 6) is 0.940. The van der Waals surface area contributed by atoms with E-state index in [2.05, 4.69) is 43.5 Å².